The Morgan fingerprint density at radius 2 is 1.94 bits per heavy atom. The molecule has 0 fully saturated rings. The van der Waals surface area contributed by atoms with Crippen molar-refractivity contribution in [2.75, 3.05) is 0 Å². The van der Waals surface area contributed by atoms with Gasteiger partial charge in [-0.1, -0.05) is 30.3 Å². The van der Waals surface area contributed by atoms with Crippen LogP contribution in [0.5, 0.6) is 0 Å². The third kappa shape index (κ3) is 1.97. The SMILES string of the molecule is O=Cc1nnccc1C(O)c1ccccc1. The van der Waals surface area contributed by atoms with Gasteiger partial charge in [-0.3, -0.25) is 4.79 Å². The largest absolute Gasteiger partial charge is 0.384 e. The minimum atomic E-state index is -0.850. The molecule has 0 spiro atoms. The summed E-state index contributed by atoms with van der Waals surface area (Å²) in [4.78, 5) is 10.7. The van der Waals surface area contributed by atoms with Gasteiger partial charge in [-0.15, -0.1) is 5.10 Å². The molecule has 2 rings (SSSR count). The Hall–Kier alpha value is -2.07. The van der Waals surface area contributed by atoms with Crippen LogP contribution in [0.1, 0.15) is 27.7 Å². The van der Waals surface area contributed by atoms with Crippen LogP contribution < -0.4 is 0 Å². The fourth-order valence-electron chi connectivity index (χ4n) is 1.49. The lowest BCUT2D eigenvalue weighted by molar-refractivity contribution is 0.111. The van der Waals surface area contributed by atoms with Crippen LogP contribution in [0, 0.1) is 0 Å². The molecule has 1 N–H and O–H groups in total. The van der Waals surface area contributed by atoms with E-state index < -0.39 is 6.10 Å². The Bertz CT molecular complexity index is 485. The van der Waals surface area contributed by atoms with Gasteiger partial charge in [0.15, 0.2) is 6.29 Å². The molecule has 80 valence electrons. The van der Waals surface area contributed by atoms with E-state index in [1.807, 2.05) is 18.2 Å². The molecule has 2 aromatic rings. The molecule has 0 radical (unpaired) electrons. The van der Waals surface area contributed by atoms with Gasteiger partial charge in [0.05, 0.1) is 6.20 Å². The van der Waals surface area contributed by atoms with Crippen molar-refractivity contribution in [3.63, 3.8) is 0 Å². The molecule has 0 saturated heterocycles. The first-order chi connectivity index (χ1) is 7.83. The fourth-order valence-corrected chi connectivity index (χ4v) is 1.49. The molecule has 1 unspecified atom stereocenters. The molecular formula is C12H10N2O2. The highest BCUT2D eigenvalue weighted by atomic mass is 16.3. The average Bonchev–Trinajstić information content (AvgIpc) is 2.39. The number of aliphatic hydroxyl groups excluding tert-OH is 1. The van der Waals surface area contributed by atoms with Gasteiger partial charge < -0.3 is 5.11 Å². The lowest BCUT2D eigenvalue weighted by Gasteiger charge is -2.11. The zero-order valence-corrected chi connectivity index (χ0v) is 8.45. The average molecular weight is 214 g/mol. The Labute approximate surface area is 92.6 Å². The molecule has 1 aromatic heterocycles. The summed E-state index contributed by atoms with van der Waals surface area (Å²) in [5.74, 6) is 0. The number of hydrogen-bond acceptors (Lipinski definition) is 4. The maximum atomic E-state index is 10.7. The van der Waals surface area contributed by atoms with Gasteiger partial charge in [0.2, 0.25) is 0 Å². The standard InChI is InChI=1S/C12H10N2O2/c15-8-11-10(6-7-13-14-11)12(16)9-4-2-1-3-5-9/h1-8,12,16H. The van der Waals surface area contributed by atoms with E-state index >= 15 is 0 Å². The summed E-state index contributed by atoms with van der Waals surface area (Å²) < 4.78 is 0. The molecule has 4 nitrogen and oxygen atoms in total. The van der Waals surface area contributed by atoms with Gasteiger partial charge in [0.25, 0.3) is 0 Å². The first-order valence-electron chi connectivity index (χ1n) is 4.82. The summed E-state index contributed by atoms with van der Waals surface area (Å²) in [6.07, 6.45) is 1.19. The molecule has 0 saturated carbocycles. The zero-order chi connectivity index (χ0) is 11.4. The highest BCUT2D eigenvalue weighted by molar-refractivity contribution is 5.74. The molecule has 1 atom stereocenters. The van der Waals surface area contributed by atoms with Crippen LogP contribution in [0.15, 0.2) is 42.6 Å². The Kier molecular flexibility index (Phi) is 3.03. The van der Waals surface area contributed by atoms with Crippen LogP contribution in [0.25, 0.3) is 0 Å². The molecule has 1 heterocycles. The molecule has 16 heavy (non-hydrogen) atoms. The highest BCUT2D eigenvalue weighted by Crippen LogP contribution is 2.22. The van der Waals surface area contributed by atoms with Gasteiger partial charge >= 0.3 is 0 Å². The number of carbonyl (C=O) groups is 1. The van der Waals surface area contributed by atoms with Crippen LogP contribution in [0.2, 0.25) is 0 Å². The van der Waals surface area contributed by atoms with Gasteiger partial charge in [0, 0.05) is 5.56 Å². The van der Waals surface area contributed by atoms with Crippen LogP contribution in [-0.2, 0) is 0 Å². The molecule has 4 heteroatoms. The molecule has 1 aromatic carbocycles. The van der Waals surface area contributed by atoms with Gasteiger partial charge in [-0.25, -0.2) is 0 Å². The molecule has 0 aliphatic rings. The third-order valence-corrected chi connectivity index (χ3v) is 2.30. The summed E-state index contributed by atoms with van der Waals surface area (Å²) in [6.45, 7) is 0. The van der Waals surface area contributed by atoms with Crippen molar-refractivity contribution < 1.29 is 9.90 Å². The third-order valence-electron chi connectivity index (χ3n) is 2.30. The van der Waals surface area contributed by atoms with E-state index in [0.717, 1.165) is 5.56 Å². The maximum Gasteiger partial charge on any atom is 0.170 e. The van der Waals surface area contributed by atoms with Crippen LogP contribution >= 0.6 is 0 Å². The van der Waals surface area contributed by atoms with Gasteiger partial charge in [-0.2, -0.15) is 5.10 Å². The molecule has 0 aliphatic carbocycles. The summed E-state index contributed by atoms with van der Waals surface area (Å²) in [5.41, 5.74) is 1.36. The van der Waals surface area contributed by atoms with Crippen molar-refractivity contribution in [1.29, 1.82) is 0 Å². The number of aldehydes is 1. The predicted octanol–water partition coefficient (Wildman–Crippen LogP) is 1.37. The van der Waals surface area contributed by atoms with E-state index in [2.05, 4.69) is 10.2 Å². The van der Waals surface area contributed by atoms with Gasteiger partial charge in [0.1, 0.15) is 11.8 Å². The number of carbonyl (C=O) groups excluding carboxylic acids is 1. The fraction of sp³-hybridized carbons (Fsp3) is 0.0833. The van der Waals surface area contributed by atoms with E-state index in [1.54, 1.807) is 18.2 Å². The smallest absolute Gasteiger partial charge is 0.170 e. The second kappa shape index (κ2) is 4.63. The quantitative estimate of drug-likeness (QED) is 0.784. The minimum Gasteiger partial charge on any atom is -0.384 e. The van der Waals surface area contributed by atoms with Crippen molar-refractivity contribution in [3.8, 4) is 0 Å². The summed E-state index contributed by atoms with van der Waals surface area (Å²) in [5, 5.41) is 17.3. The van der Waals surface area contributed by atoms with E-state index in [9.17, 15) is 9.90 Å². The number of aliphatic hydroxyl groups is 1. The van der Waals surface area contributed by atoms with Crippen molar-refractivity contribution in [1.82, 2.24) is 10.2 Å². The first-order valence-corrected chi connectivity index (χ1v) is 4.82. The Morgan fingerprint density at radius 1 is 1.19 bits per heavy atom. The molecular weight excluding hydrogens is 204 g/mol. The number of benzene rings is 1. The topological polar surface area (TPSA) is 63.1 Å². The number of aromatic nitrogens is 2. The lowest BCUT2D eigenvalue weighted by Crippen LogP contribution is -2.05. The zero-order valence-electron chi connectivity index (χ0n) is 8.45. The number of hydrogen-bond donors (Lipinski definition) is 1. The van der Waals surface area contributed by atoms with Crippen molar-refractivity contribution in [3.05, 3.63) is 59.4 Å². The second-order valence-corrected chi connectivity index (χ2v) is 3.30. The van der Waals surface area contributed by atoms with E-state index in [-0.39, 0.29) is 5.69 Å². The van der Waals surface area contributed by atoms with E-state index in [0.29, 0.717) is 11.8 Å². The summed E-state index contributed by atoms with van der Waals surface area (Å²) >= 11 is 0. The predicted molar refractivity (Wildman–Crippen MR) is 57.9 cm³/mol. The minimum absolute atomic E-state index is 0.166. The second-order valence-electron chi connectivity index (χ2n) is 3.30. The maximum absolute atomic E-state index is 10.7. The lowest BCUT2D eigenvalue weighted by atomic mass is 10.0. The van der Waals surface area contributed by atoms with Crippen LogP contribution in [-0.4, -0.2) is 21.6 Å². The van der Waals surface area contributed by atoms with Crippen molar-refractivity contribution in [2.45, 2.75) is 6.10 Å². The number of nitrogens with zero attached hydrogens (tertiary/aromatic N) is 2. The highest BCUT2D eigenvalue weighted by Gasteiger charge is 2.14. The normalized spacial score (nSPS) is 12.1. The Balaban J connectivity index is 2.41. The molecule has 0 amide bonds. The van der Waals surface area contributed by atoms with Crippen LogP contribution in [0.4, 0.5) is 0 Å². The Morgan fingerprint density at radius 3 is 2.62 bits per heavy atom. The first kappa shape index (κ1) is 10.4. The van der Waals surface area contributed by atoms with Gasteiger partial charge in [-0.05, 0) is 11.6 Å². The molecule has 0 aliphatic heterocycles. The van der Waals surface area contributed by atoms with E-state index in [4.69, 9.17) is 0 Å². The summed E-state index contributed by atoms with van der Waals surface area (Å²) in [7, 11) is 0. The monoisotopic (exact) mass is 214 g/mol. The van der Waals surface area contributed by atoms with E-state index in [1.165, 1.54) is 6.20 Å². The van der Waals surface area contributed by atoms with Crippen molar-refractivity contribution >= 4 is 6.29 Å². The molecule has 0 bridgehead atoms. The van der Waals surface area contributed by atoms with Crippen molar-refractivity contribution in [2.24, 2.45) is 0 Å². The summed E-state index contributed by atoms with van der Waals surface area (Å²) in [6, 6.07) is 10.7. The van der Waals surface area contributed by atoms with Crippen LogP contribution in [0.3, 0.4) is 0 Å². The number of rotatable bonds is 3.